The second kappa shape index (κ2) is 10.9. The summed E-state index contributed by atoms with van der Waals surface area (Å²) in [6.07, 6.45) is -5.08. The highest BCUT2D eigenvalue weighted by Crippen LogP contribution is 2.31. The van der Waals surface area contributed by atoms with Crippen molar-refractivity contribution in [3.8, 4) is 0 Å². The summed E-state index contributed by atoms with van der Waals surface area (Å²) >= 11 is 0. The number of hydrogen-bond acceptors (Lipinski definition) is 6. The van der Waals surface area contributed by atoms with Crippen LogP contribution in [0.1, 0.15) is 22.8 Å². The van der Waals surface area contributed by atoms with Crippen LogP contribution in [-0.4, -0.2) is 62.3 Å². The number of alkyl halides is 3. The average molecular weight is 479 g/mol. The molecule has 182 valence electrons. The first-order chi connectivity index (χ1) is 16.2. The summed E-state index contributed by atoms with van der Waals surface area (Å²) in [5, 5.41) is 2.47. The number of halogens is 3. The number of rotatable bonds is 6. The maximum absolute atomic E-state index is 12.9. The van der Waals surface area contributed by atoms with Crippen molar-refractivity contribution in [1.29, 1.82) is 0 Å². The molecule has 0 radical (unpaired) electrons. The molecular formula is C23H24F3N3O5. The average Bonchev–Trinajstić information content (AvgIpc) is 2.82. The number of carbonyl (C=O) groups excluding carboxylic acids is 3. The van der Waals surface area contributed by atoms with Crippen molar-refractivity contribution in [3.63, 3.8) is 0 Å². The molecular weight excluding hydrogens is 455 g/mol. The summed E-state index contributed by atoms with van der Waals surface area (Å²) in [4.78, 5) is 39.5. The van der Waals surface area contributed by atoms with E-state index in [-0.39, 0.29) is 25.3 Å². The van der Waals surface area contributed by atoms with Crippen LogP contribution in [0.15, 0.2) is 48.5 Å². The Bertz CT molecular complexity index is 1040. The summed E-state index contributed by atoms with van der Waals surface area (Å²) in [5.41, 5.74) is 0.197. The number of nitrogens with zero attached hydrogens (tertiary/aromatic N) is 2. The van der Waals surface area contributed by atoms with E-state index in [1.807, 2.05) is 0 Å². The third kappa shape index (κ3) is 6.63. The van der Waals surface area contributed by atoms with Gasteiger partial charge < -0.3 is 19.3 Å². The molecule has 0 saturated carbocycles. The highest BCUT2D eigenvalue weighted by atomic mass is 19.4. The van der Waals surface area contributed by atoms with Gasteiger partial charge in [0.2, 0.25) is 0 Å². The number of carbonyl (C=O) groups is 3. The molecule has 3 rings (SSSR count). The second-order valence-electron chi connectivity index (χ2n) is 7.42. The molecule has 0 unspecified atom stereocenters. The van der Waals surface area contributed by atoms with Crippen molar-refractivity contribution < 1.29 is 37.0 Å². The lowest BCUT2D eigenvalue weighted by Crippen LogP contribution is -2.50. The van der Waals surface area contributed by atoms with Crippen LogP contribution >= 0.6 is 0 Å². The van der Waals surface area contributed by atoms with E-state index in [0.717, 1.165) is 12.1 Å². The van der Waals surface area contributed by atoms with Gasteiger partial charge in [-0.1, -0.05) is 12.1 Å². The molecule has 1 aliphatic rings. The van der Waals surface area contributed by atoms with Gasteiger partial charge in [-0.05, 0) is 43.3 Å². The number of nitrogens with one attached hydrogen (secondary N) is 1. The molecule has 1 fully saturated rings. The first-order valence-corrected chi connectivity index (χ1v) is 10.6. The summed E-state index contributed by atoms with van der Waals surface area (Å²) in [6, 6.07) is 11.1. The zero-order valence-electron chi connectivity index (χ0n) is 18.4. The molecule has 1 aliphatic heterocycles. The van der Waals surface area contributed by atoms with Gasteiger partial charge in [0.1, 0.15) is 0 Å². The Morgan fingerprint density at radius 2 is 1.68 bits per heavy atom. The fourth-order valence-electron chi connectivity index (χ4n) is 3.40. The third-order valence-electron chi connectivity index (χ3n) is 5.12. The summed E-state index contributed by atoms with van der Waals surface area (Å²) in [7, 11) is 0. The van der Waals surface area contributed by atoms with Gasteiger partial charge in [-0.2, -0.15) is 13.2 Å². The van der Waals surface area contributed by atoms with E-state index in [1.165, 1.54) is 23.1 Å². The largest absolute Gasteiger partial charge is 0.452 e. The summed E-state index contributed by atoms with van der Waals surface area (Å²) < 4.78 is 48.7. The Morgan fingerprint density at radius 3 is 2.35 bits per heavy atom. The summed E-state index contributed by atoms with van der Waals surface area (Å²) in [5.74, 6) is -1.14. The van der Waals surface area contributed by atoms with Crippen LogP contribution < -0.4 is 10.2 Å². The van der Waals surface area contributed by atoms with Gasteiger partial charge in [-0.15, -0.1) is 0 Å². The van der Waals surface area contributed by atoms with Crippen molar-refractivity contribution in [1.82, 2.24) is 4.90 Å². The predicted molar refractivity (Wildman–Crippen MR) is 118 cm³/mol. The monoisotopic (exact) mass is 479 g/mol. The van der Waals surface area contributed by atoms with E-state index in [9.17, 15) is 27.6 Å². The van der Waals surface area contributed by atoms with Crippen LogP contribution in [0.5, 0.6) is 0 Å². The standard InChI is InChI=1S/C23H24F3N3O5/c1-2-33-22(32)27-18-7-3-5-16(13-18)21(31)34-15-20(30)29-11-9-28(10-12-29)19-8-4-6-17(14-19)23(24,25)26/h3-8,13-14H,2,9-12,15H2,1H3,(H,27,32). The van der Waals surface area contributed by atoms with Gasteiger partial charge in [-0.3, -0.25) is 10.1 Å². The van der Waals surface area contributed by atoms with Crippen molar-refractivity contribution in [3.05, 3.63) is 59.7 Å². The van der Waals surface area contributed by atoms with Crippen LogP contribution in [0.2, 0.25) is 0 Å². The smallest absolute Gasteiger partial charge is 0.416 e. The molecule has 1 heterocycles. The zero-order valence-corrected chi connectivity index (χ0v) is 18.4. The molecule has 0 atom stereocenters. The fourth-order valence-corrected chi connectivity index (χ4v) is 3.40. The summed E-state index contributed by atoms with van der Waals surface area (Å²) in [6.45, 7) is 2.65. The Morgan fingerprint density at radius 1 is 0.971 bits per heavy atom. The minimum atomic E-state index is -4.42. The first-order valence-electron chi connectivity index (χ1n) is 10.6. The Labute approximate surface area is 194 Å². The highest BCUT2D eigenvalue weighted by Gasteiger charge is 2.31. The van der Waals surface area contributed by atoms with Gasteiger partial charge in [0.05, 0.1) is 17.7 Å². The number of hydrogen-bond donors (Lipinski definition) is 1. The van der Waals surface area contributed by atoms with E-state index in [4.69, 9.17) is 9.47 Å². The molecule has 2 aromatic carbocycles. The van der Waals surface area contributed by atoms with Crippen molar-refractivity contribution in [2.75, 3.05) is 49.6 Å². The van der Waals surface area contributed by atoms with Crippen molar-refractivity contribution in [2.45, 2.75) is 13.1 Å². The number of ether oxygens (including phenoxy) is 2. The third-order valence-corrected chi connectivity index (χ3v) is 5.12. The zero-order chi connectivity index (χ0) is 24.7. The molecule has 2 amide bonds. The lowest BCUT2D eigenvalue weighted by atomic mass is 10.1. The Hall–Kier alpha value is -3.76. The molecule has 2 aromatic rings. The van der Waals surface area contributed by atoms with Crippen LogP contribution in [0.25, 0.3) is 0 Å². The number of piperazine rings is 1. The number of amides is 2. The van der Waals surface area contributed by atoms with Gasteiger partial charge in [0.15, 0.2) is 6.61 Å². The Balaban J connectivity index is 1.49. The highest BCUT2D eigenvalue weighted by molar-refractivity contribution is 5.93. The first kappa shape index (κ1) is 24.9. The lowest BCUT2D eigenvalue weighted by Gasteiger charge is -2.36. The molecule has 8 nitrogen and oxygen atoms in total. The number of benzene rings is 2. The minimum absolute atomic E-state index is 0.150. The Kier molecular flexibility index (Phi) is 7.98. The van der Waals surface area contributed by atoms with E-state index in [2.05, 4.69) is 5.32 Å². The van der Waals surface area contributed by atoms with Crippen LogP contribution in [0, 0.1) is 0 Å². The minimum Gasteiger partial charge on any atom is -0.452 e. The normalized spacial score (nSPS) is 13.9. The lowest BCUT2D eigenvalue weighted by molar-refractivity contribution is -0.137. The van der Waals surface area contributed by atoms with E-state index in [0.29, 0.717) is 24.5 Å². The molecule has 11 heteroatoms. The molecule has 1 N–H and O–H groups in total. The number of anilines is 2. The number of esters is 1. The van der Waals surface area contributed by atoms with E-state index < -0.39 is 36.3 Å². The van der Waals surface area contributed by atoms with E-state index in [1.54, 1.807) is 30.0 Å². The SMILES string of the molecule is CCOC(=O)Nc1cccc(C(=O)OCC(=O)N2CCN(c3cccc(C(F)(F)F)c3)CC2)c1. The quantitative estimate of drug-likeness (QED) is 0.635. The van der Waals surface area contributed by atoms with Gasteiger partial charge in [0.25, 0.3) is 5.91 Å². The van der Waals surface area contributed by atoms with Crippen LogP contribution in [0.3, 0.4) is 0 Å². The van der Waals surface area contributed by atoms with Gasteiger partial charge >= 0.3 is 18.2 Å². The molecule has 34 heavy (non-hydrogen) atoms. The molecule has 0 aromatic heterocycles. The maximum Gasteiger partial charge on any atom is 0.416 e. The molecule has 0 bridgehead atoms. The van der Waals surface area contributed by atoms with Gasteiger partial charge in [-0.25, -0.2) is 9.59 Å². The van der Waals surface area contributed by atoms with Crippen molar-refractivity contribution >= 4 is 29.3 Å². The predicted octanol–water partition coefficient (Wildman–Crippen LogP) is 3.78. The maximum atomic E-state index is 12.9. The van der Waals surface area contributed by atoms with Crippen LogP contribution in [-0.2, 0) is 20.4 Å². The molecule has 0 aliphatic carbocycles. The second-order valence-corrected chi connectivity index (χ2v) is 7.42. The van der Waals surface area contributed by atoms with Crippen LogP contribution in [0.4, 0.5) is 29.3 Å². The fraction of sp³-hybridized carbons (Fsp3) is 0.348. The molecule has 1 saturated heterocycles. The van der Waals surface area contributed by atoms with E-state index >= 15 is 0 Å². The van der Waals surface area contributed by atoms with Gasteiger partial charge in [0, 0.05) is 37.6 Å². The topological polar surface area (TPSA) is 88.2 Å². The van der Waals surface area contributed by atoms with Crippen molar-refractivity contribution in [2.24, 2.45) is 0 Å². The molecule has 0 spiro atoms.